The summed E-state index contributed by atoms with van der Waals surface area (Å²) in [4.78, 5) is 10.7. The first kappa shape index (κ1) is 11.4. The average molecular weight is 225 g/mol. The number of carbonyl (C=O) groups excluding carboxylic acids is 1. The first-order chi connectivity index (χ1) is 8.40. The summed E-state index contributed by atoms with van der Waals surface area (Å²) in [6.07, 6.45) is 1.57. The first-order valence-electron chi connectivity index (χ1n) is 5.68. The smallest absolute Gasteiger partial charge is 0.207 e. The number of rotatable bonds is 5. The molecule has 0 spiro atoms. The molecule has 2 aromatic rings. The van der Waals surface area contributed by atoms with E-state index < -0.39 is 0 Å². The van der Waals surface area contributed by atoms with Crippen LogP contribution in [0.4, 0.5) is 0 Å². The van der Waals surface area contributed by atoms with Gasteiger partial charge in [0.2, 0.25) is 6.41 Å². The second-order valence-corrected chi connectivity index (χ2v) is 3.94. The molecule has 2 rings (SSSR count). The summed E-state index contributed by atoms with van der Waals surface area (Å²) in [6.45, 7) is 0. The molecule has 0 bridgehead atoms. The van der Waals surface area contributed by atoms with Crippen LogP contribution >= 0.6 is 0 Å². The van der Waals surface area contributed by atoms with E-state index in [9.17, 15) is 4.79 Å². The summed E-state index contributed by atoms with van der Waals surface area (Å²) in [5, 5.41) is 2.87. The van der Waals surface area contributed by atoms with Crippen molar-refractivity contribution in [1.82, 2.24) is 5.32 Å². The van der Waals surface area contributed by atoms with Crippen molar-refractivity contribution in [3.63, 3.8) is 0 Å². The fourth-order valence-corrected chi connectivity index (χ4v) is 1.89. The van der Waals surface area contributed by atoms with Gasteiger partial charge in [-0.05, 0) is 17.5 Å². The predicted octanol–water partition coefficient (Wildman–Crippen LogP) is 2.72. The van der Waals surface area contributed by atoms with E-state index in [4.69, 9.17) is 0 Å². The monoisotopic (exact) mass is 225 g/mol. The predicted molar refractivity (Wildman–Crippen MR) is 68.5 cm³/mol. The van der Waals surface area contributed by atoms with Crippen molar-refractivity contribution in [3.05, 3.63) is 71.8 Å². The van der Waals surface area contributed by atoms with Gasteiger partial charge in [-0.25, -0.2) is 0 Å². The molecule has 0 heterocycles. The van der Waals surface area contributed by atoms with Crippen molar-refractivity contribution >= 4 is 6.41 Å². The fraction of sp³-hybridized carbons (Fsp3) is 0.133. The SMILES string of the molecule is O=CN[C@H](Cc1ccccc1)c1ccccc1. The number of benzene rings is 2. The number of amides is 1. The van der Waals surface area contributed by atoms with Crippen molar-refractivity contribution in [2.45, 2.75) is 12.5 Å². The minimum Gasteiger partial charge on any atom is -0.352 e. The van der Waals surface area contributed by atoms with E-state index in [1.54, 1.807) is 0 Å². The molecule has 2 nitrogen and oxygen atoms in total. The van der Waals surface area contributed by atoms with Gasteiger partial charge in [0, 0.05) is 0 Å². The largest absolute Gasteiger partial charge is 0.352 e. The Morgan fingerprint density at radius 3 is 2.12 bits per heavy atom. The molecule has 0 unspecified atom stereocenters. The highest BCUT2D eigenvalue weighted by Gasteiger charge is 2.10. The molecule has 0 fully saturated rings. The second kappa shape index (κ2) is 5.85. The third kappa shape index (κ3) is 3.18. The summed E-state index contributed by atoms with van der Waals surface area (Å²) in [5.74, 6) is 0. The lowest BCUT2D eigenvalue weighted by Gasteiger charge is -2.16. The molecule has 0 radical (unpaired) electrons. The van der Waals surface area contributed by atoms with Crippen LogP contribution in [0.5, 0.6) is 0 Å². The summed E-state index contributed by atoms with van der Waals surface area (Å²) in [5.41, 5.74) is 2.35. The summed E-state index contributed by atoms with van der Waals surface area (Å²) in [7, 11) is 0. The van der Waals surface area contributed by atoms with Gasteiger partial charge in [0.05, 0.1) is 6.04 Å². The Bertz CT molecular complexity index is 453. The second-order valence-electron chi connectivity index (χ2n) is 3.94. The van der Waals surface area contributed by atoms with Gasteiger partial charge >= 0.3 is 0 Å². The molecule has 0 aliphatic rings. The molecule has 1 N–H and O–H groups in total. The van der Waals surface area contributed by atoms with Crippen molar-refractivity contribution in [3.8, 4) is 0 Å². The molecular weight excluding hydrogens is 210 g/mol. The molecule has 0 aliphatic heterocycles. The molecular formula is C15H15NO. The van der Waals surface area contributed by atoms with Crippen molar-refractivity contribution < 1.29 is 4.79 Å². The van der Waals surface area contributed by atoms with Gasteiger partial charge in [0.1, 0.15) is 0 Å². The van der Waals surface area contributed by atoms with Crippen LogP contribution in [-0.4, -0.2) is 6.41 Å². The molecule has 0 aromatic heterocycles. The van der Waals surface area contributed by atoms with Crippen LogP contribution in [0.25, 0.3) is 0 Å². The van der Waals surface area contributed by atoms with Gasteiger partial charge in [-0.2, -0.15) is 0 Å². The normalized spacial score (nSPS) is 11.8. The standard InChI is InChI=1S/C15H15NO/c17-12-16-15(14-9-5-2-6-10-14)11-13-7-3-1-4-8-13/h1-10,12,15H,11H2,(H,16,17)/t15-/m1/s1. The number of hydrogen-bond acceptors (Lipinski definition) is 1. The van der Waals surface area contributed by atoms with Gasteiger partial charge in [-0.1, -0.05) is 60.7 Å². The van der Waals surface area contributed by atoms with E-state index in [0.29, 0.717) is 0 Å². The van der Waals surface area contributed by atoms with Crippen LogP contribution < -0.4 is 5.32 Å². The van der Waals surface area contributed by atoms with Gasteiger partial charge in [0.15, 0.2) is 0 Å². The number of hydrogen-bond donors (Lipinski definition) is 1. The van der Waals surface area contributed by atoms with Crippen LogP contribution in [0.1, 0.15) is 17.2 Å². The Balaban J connectivity index is 2.16. The summed E-state index contributed by atoms with van der Waals surface area (Å²) < 4.78 is 0. The van der Waals surface area contributed by atoms with E-state index in [1.165, 1.54) is 5.56 Å². The molecule has 0 saturated carbocycles. The lowest BCUT2D eigenvalue weighted by atomic mass is 9.99. The van der Waals surface area contributed by atoms with Gasteiger partial charge in [0.25, 0.3) is 0 Å². The van der Waals surface area contributed by atoms with Gasteiger partial charge in [-0.3, -0.25) is 4.79 Å². The molecule has 1 amide bonds. The van der Waals surface area contributed by atoms with Crippen molar-refractivity contribution in [2.24, 2.45) is 0 Å². The van der Waals surface area contributed by atoms with Gasteiger partial charge in [-0.15, -0.1) is 0 Å². The number of nitrogens with one attached hydrogen (secondary N) is 1. The molecule has 2 aromatic carbocycles. The van der Waals surface area contributed by atoms with E-state index in [0.717, 1.165) is 18.4 Å². The fourth-order valence-electron chi connectivity index (χ4n) is 1.89. The zero-order valence-electron chi connectivity index (χ0n) is 9.54. The van der Waals surface area contributed by atoms with E-state index in [-0.39, 0.29) is 6.04 Å². The highest BCUT2D eigenvalue weighted by atomic mass is 16.1. The maximum atomic E-state index is 10.7. The van der Waals surface area contributed by atoms with E-state index >= 15 is 0 Å². The van der Waals surface area contributed by atoms with Crippen LogP contribution in [0.2, 0.25) is 0 Å². The Labute approximate surface area is 101 Å². The lowest BCUT2D eigenvalue weighted by Crippen LogP contribution is -2.21. The maximum absolute atomic E-state index is 10.7. The highest BCUT2D eigenvalue weighted by molar-refractivity contribution is 5.48. The zero-order valence-corrected chi connectivity index (χ0v) is 9.54. The van der Waals surface area contributed by atoms with Crippen LogP contribution in [-0.2, 0) is 11.2 Å². The summed E-state index contributed by atoms with van der Waals surface area (Å²) in [6, 6.07) is 20.2. The molecule has 0 aliphatic carbocycles. The van der Waals surface area contributed by atoms with E-state index in [1.807, 2.05) is 48.5 Å². The quantitative estimate of drug-likeness (QED) is 0.779. The molecule has 2 heteroatoms. The summed E-state index contributed by atoms with van der Waals surface area (Å²) >= 11 is 0. The van der Waals surface area contributed by atoms with Crippen LogP contribution in [0, 0.1) is 0 Å². The Morgan fingerprint density at radius 2 is 1.53 bits per heavy atom. The first-order valence-corrected chi connectivity index (χ1v) is 5.68. The minimum absolute atomic E-state index is 0.0381. The number of carbonyl (C=O) groups is 1. The third-order valence-electron chi connectivity index (χ3n) is 2.75. The zero-order chi connectivity index (χ0) is 11.9. The molecule has 17 heavy (non-hydrogen) atoms. The molecule has 1 atom stereocenters. The maximum Gasteiger partial charge on any atom is 0.207 e. The minimum atomic E-state index is 0.0381. The van der Waals surface area contributed by atoms with Crippen LogP contribution in [0.3, 0.4) is 0 Å². The Kier molecular flexibility index (Phi) is 3.92. The average Bonchev–Trinajstić information content (AvgIpc) is 2.40. The van der Waals surface area contributed by atoms with Crippen LogP contribution in [0.15, 0.2) is 60.7 Å². The molecule has 0 saturated heterocycles. The highest BCUT2D eigenvalue weighted by Crippen LogP contribution is 2.17. The van der Waals surface area contributed by atoms with Gasteiger partial charge < -0.3 is 5.32 Å². The van der Waals surface area contributed by atoms with Crippen molar-refractivity contribution in [1.29, 1.82) is 0 Å². The Hall–Kier alpha value is -2.09. The van der Waals surface area contributed by atoms with E-state index in [2.05, 4.69) is 17.4 Å². The lowest BCUT2D eigenvalue weighted by molar-refractivity contribution is -0.110. The topological polar surface area (TPSA) is 29.1 Å². The third-order valence-corrected chi connectivity index (χ3v) is 2.75. The van der Waals surface area contributed by atoms with Crippen molar-refractivity contribution in [2.75, 3.05) is 0 Å². The Morgan fingerprint density at radius 1 is 0.941 bits per heavy atom. The molecule has 86 valence electrons.